The number of piperidine rings is 1. The van der Waals surface area contributed by atoms with Gasteiger partial charge < -0.3 is 19.9 Å². The number of hydrogen-bond acceptors (Lipinski definition) is 5. The summed E-state index contributed by atoms with van der Waals surface area (Å²) in [7, 11) is 0. The van der Waals surface area contributed by atoms with E-state index in [0.29, 0.717) is 6.42 Å². The quantitative estimate of drug-likeness (QED) is 0.483. The Morgan fingerprint density at radius 2 is 1.81 bits per heavy atom. The van der Waals surface area contributed by atoms with Crippen molar-refractivity contribution in [1.82, 2.24) is 5.32 Å². The first-order chi connectivity index (χ1) is 17.0. The van der Waals surface area contributed by atoms with Crippen molar-refractivity contribution in [2.45, 2.75) is 95.6 Å². The molecule has 3 saturated carbocycles. The fourth-order valence-corrected chi connectivity index (χ4v) is 6.97. The maximum absolute atomic E-state index is 14.0. The molecule has 1 aromatic carbocycles. The van der Waals surface area contributed by atoms with Crippen LogP contribution in [0.15, 0.2) is 12.1 Å². The monoisotopic (exact) mass is 536 g/mol. The van der Waals surface area contributed by atoms with Crippen molar-refractivity contribution in [2.24, 2.45) is 10.8 Å². The van der Waals surface area contributed by atoms with Gasteiger partial charge in [-0.15, -0.1) is 0 Å². The van der Waals surface area contributed by atoms with Crippen LogP contribution >= 0.6 is 0 Å². The molecule has 0 radical (unpaired) electrons. The molecule has 0 unspecified atom stereocenters. The molecular weight excluding hydrogens is 506 g/mol. The van der Waals surface area contributed by atoms with E-state index in [9.17, 15) is 36.2 Å². The molecule has 3 aliphatic carbocycles. The number of cyclic esters (lactones) is 1. The van der Waals surface area contributed by atoms with Crippen LogP contribution in [0.3, 0.4) is 0 Å². The molecule has 12 heteroatoms. The van der Waals surface area contributed by atoms with E-state index in [2.05, 4.69) is 5.32 Å². The zero-order chi connectivity index (χ0) is 27.2. The lowest BCUT2D eigenvalue weighted by molar-refractivity contribution is -0.403. The van der Waals surface area contributed by atoms with Gasteiger partial charge in [0.2, 0.25) is 0 Å². The van der Waals surface area contributed by atoms with Crippen LogP contribution in [0.5, 0.6) is 5.75 Å². The van der Waals surface area contributed by atoms with E-state index < -0.39 is 52.5 Å². The molecule has 5 aliphatic rings. The summed E-state index contributed by atoms with van der Waals surface area (Å²) in [6.07, 6.45) is -9.74. The summed E-state index contributed by atoms with van der Waals surface area (Å²) < 4.78 is 92.9. The van der Waals surface area contributed by atoms with Crippen molar-refractivity contribution < 1.29 is 45.7 Å². The number of carbonyl (C=O) groups is 1. The molecule has 0 spiro atoms. The van der Waals surface area contributed by atoms with Gasteiger partial charge in [0.15, 0.2) is 0 Å². The van der Waals surface area contributed by atoms with Crippen molar-refractivity contribution in [2.75, 3.05) is 11.5 Å². The van der Waals surface area contributed by atoms with Gasteiger partial charge in [0.25, 0.3) is 0 Å². The molecule has 1 aromatic rings. The molecule has 37 heavy (non-hydrogen) atoms. The predicted molar refractivity (Wildman–Crippen MR) is 120 cm³/mol. The Hall–Kier alpha value is -2.21. The predicted octanol–water partition coefficient (Wildman–Crippen LogP) is 5.55. The first-order valence-corrected chi connectivity index (χ1v) is 12.4. The van der Waals surface area contributed by atoms with Crippen molar-refractivity contribution in [1.29, 1.82) is 0 Å². The second-order valence-electron chi connectivity index (χ2n) is 11.6. The fourth-order valence-electron chi connectivity index (χ4n) is 6.97. The number of halogens is 6. The molecule has 206 valence electrons. The molecule has 0 aromatic heterocycles. The number of amides is 1. The number of ether oxygens (including phenoxy) is 2. The lowest BCUT2D eigenvalue weighted by atomic mass is 9.29. The zero-order valence-corrected chi connectivity index (χ0v) is 20.7. The normalized spacial score (nSPS) is 35.4. The Bertz CT molecular complexity index is 1080. The molecule has 3 atom stereocenters. The van der Waals surface area contributed by atoms with Crippen LogP contribution in [-0.2, 0) is 17.5 Å². The Kier molecular flexibility index (Phi) is 5.81. The van der Waals surface area contributed by atoms with E-state index in [4.69, 9.17) is 9.47 Å². The Morgan fingerprint density at radius 3 is 2.38 bits per heavy atom. The smallest absolute Gasteiger partial charge is 0.418 e. The van der Waals surface area contributed by atoms with Crippen molar-refractivity contribution in [3.63, 3.8) is 0 Å². The first kappa shape index (κ1) is 26.4. The Morgan fingerprint density at radius 1 is 1.16 bits per heavy atom. The summed E-state index contributed by atoms with van der Waals surface area (Å²) in [6, 6.07) is 0.994. The van der Waals surface area contributed by atoms with Gasteiger partial charge in [-0.2, -0.15) is 26.3 Å². The van der Waals surface area contributed by atoms with Crippen LogP contribution in [-0.4, -0.2) is 47.7 Å². The van der Waals surface area contributed by atoms with Crippen LogP contribution in [0.25, 0.3) is 0 Å². The van der Waals surface area contributed by atoms with Gasteiger partial charge >= 0.3 is 18.4 Å². The number of aliphatic hydroxyl groups is 1. The van der Waals surface area contributed by atoms with Gasteiger partial charge in [0, 0.05) is 29.1 Å². The average molecular weight is 537 g/mol. The van der Waals surface area contributed by atoms with E-state index in [1.165, 1.54) is 6.07 Å². The van der Waals surface area contributed by atoms with Gasteiger partial charge in [-0.3, -0.25) is 4.90 Å². The lowest BCUT2D eigenvalue weighted by Crippen LogP contribution is -2.78. The highest BCUT2D eigenvalue weighted by Gasteiger charge is 2.83. The number of nitrogens with one attached hydrogen (secondary N) is 1. The zero-order valence-electron chi connectivity index (χ0n) is 20.7. The number of benzene rings is 1. The number of nitrogens with zero attached hydrogens (tertiary/aromatic N) is 1. The Balaban J connectivity index is 1.34. The third-order valence-corrected chi connectivity index (χ3v) is 8.59. The molecule has 4 fully saturated rings. The van der Waals surface area contributed by atoms with E-state index in [0.717, 1.165) is 11.0 Å². The standard InChI is InChI=1S/C25H30F6N2O4/c1-13(2)33-19-15(8-37-20(33)34)4-17(5-18(19)24(26,27)28)36-9-16-7-23(35,6-14(3)32-16)21-10-22(11-21,12-21)25(29,30)31/h4-5,13-14,16,32,35H,6-12H2,1-3H3/t14-,16-,21?,22?,23-/m0/s1. The number of rotatable bonds is 5. The minimum absolute atomic E-state index is 0.0714. The maximum Gasteiger partial charge on any atom is 0.418 e. The largest absolute Gasteiger partial charge is 0.492 e. The molecule has 1 amide bonds. The first-order valence-electron chi connectivity index (χ1n) is 12.4. The average Bonchev–Trinajstić information content (AvgIpc) is 2.66. The summed E-state index contributed by atoms with van der Waals surface area (Å²) in [6.45, 7) is 4.56. The van der Waals surface area contributed by atoms with E-state index in [1.807, 2.05) is 6.92 Å². The molecule has 6 nitrogen and oxygen atoms in total. The summed E-state index contributed by atoms with van der Waals surface area (Å²) in [5.74, 6) is -0.0714. The van der Waals surface area contributed by atoms with E-state index in [1.54, 1.807) is 13.8 Å². The van der Waals surface area contributed by atoms with Crippen LogP contribution in [0.2, 0.25) is 0 Å². The molecule has 2 bridgehead atoms. The third-order valence-electron chi connectivity index (χ3n) is 8.59. The summed E-state index contributed by atoms with van der Waals surface area (Å²) in [5, 5.41) is 14.7. The third kappa shape index (κ3) is 4.05. The number of hydrogen-bond donors (Lipinski definition) is 2. The fraction of sp³-hybridized carbons (Fsp3) is 0.720. The van der Waals surface area contributed by atoms with Crippen LogP contribution in [0.1, 0.15) is 64.0 Å². The van der Waals surface area contributed by atoms with Gasteiger partial charge in [-0.25, -0.2) is 4.79 Å². The van der Waals surface area contributed by atoms with Crippen molar-refractivity contribution in [3.8, 4) is 5.75 Å². The Labute approximate surface area is 210 Å². The summed E-state index contributed by atoms with van der Waals surface area (Å²) in [4.78, 5) is 13.2. The van der Waals surface area contributed by atoms with Gasteiger partial charge in [-0.1, -0.05) is 0 Å². The molecular formula is C25H30F6N2O4. The second-order valence-corrected chi connectivity index (χ2v) is 11.6. The van der Waals surface area contributed by atoms with Crippen LogP contribution in [0, 0.1) is 10.8 Å². The second kappa shape index (κ2) is 8.14. The topological polar surface area (TPSA) is 71.0 Å². The SMILES string of the molecule is CC(C)N1C(=O)OCc2cc(OC[C@@H]3C[C@](O)(C45CC(C(F)(F)F)(C4)C5)C[C@H](C)N3)cc(C(F)(F)F)c21. The molecule has 1 saturated heterocycles. The van der Waals surface area contributed by atoms with Crippen molar-refractivity contribution >= 4 is 11.8 Å². The van der Waals surface area contributed by atoms with Gasteiger partial charge in [0.05, 0.1) is 22.3 Å². The van der Waals surface area contributed by atoms with Crippen LogP contribution in [0.4, 0.5) is 36.8 Å². The van der Waals surface area contributed by atoms with E-state index in [-0.39, 0.29) is 61.9 Å². The summed E-state index contributed by atoms with van der Waals surface area (Å²) >= 11 is 0. The van der Waals surface area contributed by atoms with E-state index >= 15 is 0 Å². The lowest BCUT2D eigenvalue weighted by Gasteiger charge is -2.76. The minimum atomic E-state index is -4.76. The van der Waals surface area contributed by atoms with Gasteiger partial charge in [0.1, 0.15) is 19.0 Å². The highest BCUT2D eigenvalue weighted by molar-refractivity contribution is 5.92. The highest BCUT2D eigenvalue weighted by Crippen LogP contribution is 2.82. The highest BCUT2D eigenvalue weighted by atomic mass is 19.4. The number of fused-ring (bicyclic) bond motifs is 1. The van der Waals surface area contributed by atoms with Gasteiger partial charge in [-0.05, 0) is 65.0 Å². The molecule has 6 rings (SSSR count). The maximum atomic E-state index is 14.0. The van der Waals surface area contributed by atoms with Crippen LogP contribution < -0.4 is 15.0 Å². The molecule has 2 heterocycles. The number of alkyl halides is 6. The minimum Gasteiger partial charge on any atom is -0.492 e. The molecule has 2 N–H and O–H groups in total. The number of anilines is 1. The van der Waals surface area contributed by atoms with Crippen molar-refractivity contribution in [3.05, 3.63) is 23.3 Å². The molecule has 2 aliphatic heterocycles. The summed E-state index contributed by atoms with van der Waals surface area (Å²) in [5.41, 5.74) is -4.89. The number of carbonyl (C=O) groups excluding carboxylic acids is 1.